The number of amides is 1. The van der Waals surface area contributed by atoms with Gasteiger partial charge in [0.1, 0.15) is 0 Å². The smallest absolute Gasteiger partial charge is 0.326 e. The summed E-state index contributed by atoms with van der Waals surface area (Å²) in [7, 11) is 3.10. The Morgan fingerprint density at radius 3 is 2.26 bits per heavy atom. The molecule has 0 aliphatic rings. The van der Waals surface area contributed by atoms with E-state index in [-0.39, 0.29) is 17.2 Å². The minimum Gasteiger partial charge on any atom is -0.326 e. The maximum absolute atomic E-state index is 12.2. The first-order chi connectivity index (χ1) is 10.9. The average molecular weight is 312 g/mol. The Hall–Kier alpha value is -3.09. The Kier molecular flexibility index (Phi) is 3.40. The number of carbonyl (C=O) groups is 1. The number of nitrogens with zero attached hydrogens (tertiary/aromatic N) is 3. The number of rotatable bonds is 2. The van der Waals surface area contributed by atoms with E-state index in [1.54, 1.807) is 36.1 Å². The van der Waals surface area contributed by atoms with E-state index in [1.807, 2.05) is 12.1 Å². The van der Waals surface area contributed by atoms with Gasteiger partial charge in [-0.2, -0.15) is 0 Å². The van der Waals surface area contributed by atoms with Crippen molar-refractivity contribution in [2.75, 3.05) is 5.32 Å². The molecule has 1 N–H and O–H groups in total. The molecule has 7 nitrogen and oxygen atoms in total. The maximum Gasteiger partial charge on any atom is 0.330 e. The van der Waals surface area contributed by atoms with Gasteiger partial charge in [-0.1, -0.05) is 0 Å². The van der Waals surface area contributed by atoms with E-state index < -0.39 is 0 Å². The van der Waals surface area contributed by atoms with Gasteiger partial charge in [-0.05, 0) is 24.3 Å². The highest BCUT2D eigenvalue weighted by molar-refractivity contribution is 5.88. The first-order valence-electron chi connectivity index (χ1n) is 7.04. The molecule has 0 saturated heterocycles. The fourth-order valence-corrected chi connectivity index (χ4v) is 2.54. The normalized spacial score (nSPS) is 10.9. The van der Waals surface area contributed by atoms with Crippen molar-refractivity contribution in [3.05, 3.63) is 57.5 Å². The molecule has 0 spiro atoms. The number of anilines is 1. The third-order valence-corrected chi connectivity index (χ3v) is 3.76. The second-order valence-electron chi connectivity index (χ2n) is 5.40. The zero-order chi connectivity index (χ0) is 16.7. The fourth-order valence-electron chi connectivity index (χ4n) is 2.54. The molecule has 118 valence electrons. The lowest BCUT2D eigenvalue weighted by Crippen LogP contribution is -2.36. The molecule has 3 aromatic rings. The quantitative estimate of drug-likeness (QED) is 0.766. The predicted molar refractivity (Wildman–Crippen MR) is 88.1 cm³/mol. The molecule has 0 fully saturated rings. The number of fused-ring (bicyclic) bond motifs is 1. The lowest BCUT2D eigenvalue weighted by atomic mass is 10.3. The van der Waals surface area contributed by atoms with Crippen LogP contribution in [0.15, 0.2) is 46.2 Å². The largest absolute Gasteiger partial charge is 0.330 e. The highest BCUT2D eigenvalue weighted by Crippen LogP contribution is 2.17. The third kappa shape index (κ3) is 2.46. The number of aryl methyl sites for hydroxylation is 1. The summed E-state index contributed by atoms with van der Waals surface area (Å²) in [5.41, 5.74) is 1.41. The van der Waals surface area contributed by atoms with Gasteiger partial charge in [0.25, 0.3) is 5.56 Å². The summed E-state index contributed by atoms with van der Waals surface area (Å²) in [6.45, 7) is 1.45. The second-order valence-corrected chi connectivity index (χ2v) is 5.40. The molecule has 1 aromatic carbocycles. The van der Waals surface area contributed by atoms with Gasteiger partial charge in [0.2, 0.25) is 5.91 Å². The Bertz CT molecular complexity index is 1020. The van der Waals surface area contributed by atoms with E-state index in [1.165, 1.54) is 18.5 Å². The van der Waals surface area contributed by atoms with Gasteiger partial charge in [0.15, 0.2) is 0 Å². The van der Waals surface area contributed by atoms with Crippen molar-refractivity contribution in [2.24, 2.45) is 14.1 Å². The van der Waals surface area contributed by atoms with Crippen LogP contribution in [0.2, 0.25) is 0 Å². The fraction of sp³-hybridized carbons (Fsp3) is 0.188. The molecule has 23 heavy (non-hydrogen) atoms. The van der Waals surface area contributed by atoms with Crippen LogP contribution in [0.5, 0.6) is 0 Å². The summed E-state index contributed by atoms with van der Waals surface area (Å²) in [4.78, 5) is 35.2. The topological polar surface area (TPSA) is 78.0 Å². The third-order valence-electron chi connectivity index (χ3n) is 3.76. The van der Waals surface area contributed by atoms with Gasteiger partial charge in [-0.25, -0.2) is 4.79 Å². The molecule has 3 rings (SSSR count). The number of aromatic nitrogens is 3. The van der Waals surface area contributed by atoms with Crippen LogP contribution in [0.1, 0.15) is 6.92 Å². The number of carbonyl (C=O) groups excluding carboxylic acids is 1. The van der Waals surface area contributed by atoms with Gasteiger partial charge in [-0.3, -0.25) is 18.7 Å². The summed E-state index contributed by atoms with van der Waals surface area (Å²) >= 11 is 0. The minimum atomic E-state index is -0.360. The van der Waals surface area contributed by atoms with Gasteiger partial charge in [-0.15, -0.1) is 0 Å². The molecule has 0 atom stereocenters. The number of hydrogen-bond acceptors (Lipinski definition) is 3. The second kappa shape index (κ2) is 5.28. The minimum absolute atomic E-state index is 0.136. The van der Waals surface area contributed by atoms with Crippen molar-refractivity contribution < 1.29 is 4.79 Å². The molecule has 0 unspecified atom stereocenters. The van der Waals surface area contributed by atoms with Gasteiger partial charge in [0.05, 0.1) is 10.9 Å². The van der Waals surface area contributed by atoms with Crippen LogP contribution in [0.3, 0.4) is 0 Å². The molecular weight excluding hydrogens is 296 g/mol. The lowest BCUT2D eigenvalue weighted by Gasteiger charge is -2.05. The molecule has 0 aliphatic carbocycles. The zero-order valence-electron chi connectivity index (χ0n) is 13.0. The van der Waals surface area contributed by atoms with Crippen LogP contribution in [-0.4, -0.2) is 19.6 Å². The number of benzene rings is 1. The lowest BCUT2D eigenvalue weighted by molar-refractivity contribution is -0.114. The van der Waals surface area contributed by atoms with E-state index in [4.69, 9.17) is 0 Å². The van der Waals surface area contributed by atoms with E-state index in [2.05, 4.69) is 5.32 Å². The summed E-state index contributed by atoms with van der Waals surface area (Å²) < 4.78 is 4.31. The van der Waals surface area contributed by atoms with E-state index in [0.717, 1.165) is 10.3 Å². The Morgan fingerprint density at radius 1 is 1.00 bits per heavy atom. The monoisotopic (exact) mass is 312 g/mol. The summed E-state index contributed by atoms with van der Waals surface area (Å²) in [6, 6.07) is 7.20. The zero-order valence-corrected chi connectivity index (χ0v) is 13.0. The van der Waals surface area contributed by atoms with Crippen molar-refractivity contribution in [3.8, 4) is 5.69 Å². The summed E-state index contributed by atoms with van der Waals surface area (Å²) in [5, 5.41) is 3.17. The SMILES string of the molecule is CC(=O)Nc1ccc(-n2cc3c(=O)n(C)c(=O)n(C)c3c2)cc1. The highest BCUT2D eigenvalue weighted by Gasteiger charge is 2.11. The number of nitrogens with one attached hydrogen (secondary N) is 1. The van der Waals surface area contributed by atoms with Crippen molar-refractivity contribution in [1.82, 2.24) is 13.7 Å². The molecule has 7 heteroatoms. The molecule has 2 aromatic heterocycles. The van der Waals surface area contributed by atoms with Crippen LogP contribution in [0.25, 0.3) is 16.6 Å². The van der Waals surface area contributed by atoms with E-state index in [0.29, 0.717) is 16.6 Å². The molecule has 2 heterocycles. The highest BCUT2D eigenvalue weighted by atomic mass is 16.2. The Balaban J connectivity index is 2.13. The predicted octanol–water partition coefficient (Wildman–Crippen LogP) is 0.986. The van der Waals surface area contributed by atoms with Crippen molar-refractivity contribution in [3.63, 3.8) is 0 Å². The number of hydrogen-bond donors (Lipinski definition) is 1. The van der Waals surface area contributed by atoms with Crippen LogP contribution in [-0.2, 0) is 18.9 Å². The Labute approximate surface area is 131 Å². The molecule has 0 bridgehead atoms. The molecule has 0 radical (unpaired) electrons. The van der Waals surface area contributed by atoms with Crippen molar-refractivity contribution >= 4 is 22.5 Å². The molecular formula is C16H16N4O3. The molecule has 0 aliphatic heterocycles. The van der Waals surface area contributed by atoms with Gasteiger partial charge < -0.3 is 9.88 Å². The van der Waals surface area contributed by atoms with Gasteiger partial charge in [0, 0.05) is 44.8 Å². The maximum atomic E-state index is 12.2. The van der Waals surface area contributed by atoms with Gasteiger partial charge >= 0.3 is 5.69 Å². The average Bonchev–Trinajstić information content (AvgIpc) is 2.96. The first kappa shape index (κ1) is 14.8. The van der Waals surface area contributed by atoms with E-state index >= 15 is 0 Å². The van der Waals surface area contributed by atoms with Crippen LogP contribution >= 0.6 is 0 Å². The van der Waals surface area contributed by atoms with E-state index in [9.17, 15) is 14.4 Å². The van der Waals surface area contributed by atoms with Crippen molar-refractivity contribution in [2.45, 2.75) is 6.92 Å². The molecule has 1 amide bonds. The van der Waals surface area contributed by atoms with Crippen LogP contribution in [0.4, 0.5) is 5.69 Å². The summed E-state index contributed by atoms with van der Waals surface area (Å²) in [6.07, 6.45) is 3.44. The van der Waals surface area contributed by atoms with Crippen LogP contribution < -0.4 is 16.6 Å². The van der Waals surface area contributed by atoms with Crippen LogP contribution in [0, 0.1) is 0 Å². The Morgan fingerprint density at radius 2 is 1.65 bits per heavy atom. The molecule has 0 saturated carbocycles. The first-order valence-corrected chi connectivity index (χ1v) is 7.04. The summed E-state index contributed by atoms with van der Waals surface area (Å²) in [5.74, 6) is -0.136. The van der Waals surface area contributed by atoms with Crippen molar-refractivity contribution in [1.29, 1.82) is 0 Å². The standard InChI is InChI=1S/C16H16N4O3/c1-10(21)17-11-4-6-12(7-5-11)20-8-13-14(9-20)18(2)16(23)19(3)15(13)22/h4-9H,1-3H3,(H,17,21).